The lowest BCUT2D eigenvalue weighted by Crippen LogP contribution is -2.46. The molecule has 1 aromatic carbocycles. The Labute approximate surface area is 181 Å². The van der Waals surface area contributed by atoms with Crippen molar-refractivity contribution >= 4 is 54.0 Å². The van der Waals surface area contributed by atoms with Crippen LogP contribution in [0.1, 0.15) is 24.2 Å². The van der Waals surface area contributed by atoms with E-state index in [9.17, 15) is 14.4 Å². The largest absolute Gasteiger partial charge is 0.346 e. The number of benzene rings is 1. The fourth-order valence-electron chi connectivity index (χ4n) is 2.16. The zero-order chi connectivity index (χ0) is 19.8. The van der Waals surface area contributed by atoms with E-state index in [4.69, 9.17) is 5.73 Å². The second kappa shape index (κ2) is 12.7. The number of amides is 3. The van der Waals surface area contributed by atoms with Crippen LogP contribution in [0.25, 0.3) is 0 Å². The number of carbonyl (C=O) groups is 3. The first-order valence-electron chi connectivity index (χ1n) is 8.52. The molecule has 29 heavy (non-hydrogen) atoms. The summed E-state index contributed by atoms with van der Waals surface area (Å²) in [5, 5.41) is 7.79. The second-order valence-corrected chi connectivity index (χ2v) is 6.29. The van der Waals surface area contributed by atoms with Gasteiger partial charge in [-0.25, -0.2) is 4.98 Å². The number of rotatable bonds is 7. The van der Waals surface area contributed by atoms with Crippen LogP contribution in [-0.2, 0) is 9.59 Å². The van der Waals surface area contributed by atoms with Crippen LogP contribution in [0.4, 0.5) is 11.5 Å². The molecular weight excluding hydrogens is 417 g/mol. The topological polar surface area (TPSA) is 126 Å². The van der Waals surface area contributed by atoms with Gasteiger partial charge in [-0.3, -0.25) is 14.4 Å². The Kier molecular flexibility index (Phi) is 11.5. The number of hydrogen-bond acceptors (Lipinski definition) is 5. The van der Waals surface area contributed by atoms with Crippen molar-refractivity contribution in [1.29, 1.82) is 0 Å². The number of pyridine rings is 1. The summed E-state index contributed by atoms with van der Waals surface area (Å²) in [5.41, 5.74) is 6.53. The SMILES string of the molecule is CC(C)[C@H](N)C(=O)NCC(=O)Nc1cccc(C(=O)Nc2ccccn2)c1.Cl.Cl. The van der Waals surface area contributed by atoms with Crippen molar-refractivity contribution in [2.24, 2.45) is 11.7 Å². The molecular formula is C19H25Cl2N5O3. The van der Waals surface area contributed by atoms with Crippen LogP contribution in [0.15, 0.2) is 48.7 Å². The molecule has 3 amide bonds. The van der Waals surface area contributed by atoms with E-state index in [1.807, 2.05) is 13.8 Å². The van der Waals surface area contributed by atoms with Gasteiger partial charge in [0.2, 0.25) is 11.8 Å². The maximum atomic E-state index is 12.3. The van der Waals surface area contributed by atoms with Crippen LogP contribution in [0, 0.1) is 5.92 Å². The number of aromatic nitrogens is 1. The molecule has 1 atom stereocenters. The smallest absolute Gasteiger partial charge is 0.256 e. The number of halogens is 2. The van der Waals surface area contributed by atoms with E-state index in [2.05, 4.69) is 20.9 Å². The van der Waals surface area contributed by atoms with Crippen LogP contribution in [-0.4, -0.2) is 35.3 Å². The molecule has 0 saturated heterocycles. The third-order valence-electron chi connectivity index (χ3n) is 3.76. The summed E-state index contributed by atoms with van der Waals surface area (Å²) in [4.78, 5) is 40.1. The van der Waals surface area contributed by atoms with Gasteiger partial charge in [0.05, 0.1) is 12.6 Å². The van der Waals surface area contributed by atoms with Gasteiger partial charge in [-0.2, -0.15) is 0 Å². The Morgan fingerprint density at radius 3 is 2.38 bits per heavy atom. The number of nitrogens with one attached hydrogen (secondary N) is 3. The van der Waals surface area contributed by atoms with Crippen LogP contribution < -0.4 is 21.7 Å². The van der Waals surface area contributed by atoms with E-state index in [1.165, 1.54) is 6.07 Å². The van der Waals surface area contributed by atoms with Crippen LogP contribution in [0.2, 0.25) is 0 Å². The van der Waals surface area contributed by atoms with Gasteiger partial charge in [-0.15, -0.1) is 24.8 Å². The molecule has 0 bridgehead atoms. The molecule has 0 aliphatic rings. The van der Waals surface area contributed by atoms with Gasteiger partial charge in [-0.1, -0.05) is 26.0 Å². The average Bonchev–Trinajstić information content (AvgIpc) is 2.66. The number of carbonyl (C=O) groups excluding carboxylic acids is 3. The third-order valence-corrected chi connectivity index (χ3v) is 3.76. The van der Waals surface area contributed by atoms with Gasteiger partial charge in [0.25, 0.3) is 5.91 Å². The molecule has 0 aliphatic carbocycles. The van der Waals surface area contributed by atoms with Gasteiger partial charge in [0, 0.05) is 17.4 Å². The van der Waals surface area contributed by atoms with Crippen LogP contribution >= 0.6 is 24.8 Å². The average molecular weight is 442 g/mol. The van der Waals surface area contributed by atoms with E-state index in [0.717, 1.165) is 0 Å². The van der Waals surface area contributed by atoms with Crippen LogP contribution in [0.5, 0.6) is 0 Å². The molecule has 2 rings (SSSR count). The maximum Gasteiger partial charge on any atom is 0.256 e. The van der Waals surface area contributed by atoms with E-state index in [0.29, 0.717) is 17.1 Å². The molecule has 0 fully saturated rings. The van der Waals surface area contributed by atoms with E-state index in [1.54, 1.807) is 42.6 Å². The Morgan fingerprint density at radius 1 is 1.03 bits per heavy atom. The minimum absolute atomic E-state index is 0. The lowest BCUT2D eigenvalue weighted by atomic mass is 10.1. The fraction of sp³-hybridized carbons (Fsp3) is 0.263. The van der Waals surface area contributed by atoms with Crippen molar-refractivity contribution in [1.82, 2.24) is 10.3 Å². The molecule has 0 saturated carbocycles. The standard InChI is InChI=1S/C19H23N5O3.2ClH/c1-12(2)17(20)19(27)22-11-16(25)23-14-7-5-6-13(10-14)18(26)24-15-8-3-4-9-21-15;;/h3-10,12,17H,11,20H2,1-2H3,(H,22,27)(H,23,25)(H,21,24,26);2*1H/t17-;;/m0../s1. The molecule has 0 aliphatic heterocycles. The second-order valence-electron chi connectivity index (χ2n) is 6.29. The van der Waals surface area contributed by atoms with Gasteiger partial charge in [-0.05, 0) is 36.2 Å². The molecule has 0 unspecified atom stereocenters. The number of anilines is 2. The first-order valence-corrected chi connectivity index (χ1v) is 8.52. The van der Waals surface area contributed by atoms with Gasteiger partial charge >= 0.3 is 0 Å². The van der Waals surface area contributed by atoms with Crippen LogP contribution in [0.3, 0.4) is 0 Å². The summed E-state index contributed by atoms with van der Waals surface area (Å²) >= 11 is 0. The Hall–Kier alpha value is -2.68. The highest BCUT2D eigenvalue weighted by molar-refractivity contribution is 6.05. The summed E-state index contributed by atoms with van der Waals surface area (Å²) in [6.07, 6.45) is 1.58. The Bertz CT molecular complexity index is 819. The number of nitrogens with zero attached hydrogens (tertiary/aromatic N) is 1. The highest BCUT2D eigenvalue weighted by Crippen LogP contribution is 2.12. The Morgan fingerprint density at radius 2 is 1.76 bits per heavy atom. The van der Waals surface area contributed by atoms with Crippen molar-refractivity contribution in [3.8, 4) is 0 Å². The van der Waals surface area contributed by atoms with Gasteiger partial charge < -0.3 is 21.7 Å². The van der Waals surface area contributed by atoms with Gasteiger partial charge in [0.1, 0.15) is 5.82 Å². The summed E-state index contributed by atoms with van der Waals surface area (Å²) in [7, 11) is 0. The molecule has 2 aromatic rings. The fourth-order valence-corrected chi connectivity index (χ4v) is 2.16. The molecule has 1 heterocycles. The van der Waals surface area contributed by atoms with Crippen molar-refractivity contribution in [3.05, 3.63) is 54.2 Å². The van der Waals surface area contributed by atoms with E-state index < -0.39 is 11.9 Å². The van der Waals surface area contributed by atoms with Crippen molar-refractivity contribution in [2.45, 2.75) is 19.9 Å². The predicted molar refractivity (Wildman–Crippen MR) is 118 cm³/mol. The summed E-state index contributed by atoms with van der Waals surface area (Å²) in [6.45, 7) is 3.45. The quantitative estimate of drug-likeness (QED) is 0.523. The highest BCUT2D eigenvalue weighted by Gasteiger charge is 2.17. The lowest BCUT2D eigenvalue weighted by molar-refractivity contribution is -0.125. The molecule has 5 N–H and O–H groups in total. The predicted octanol–water partition coefficient (Wildman–Crippen LogP) is 2.22. The molecule has 1 aromatic heterocycles. The zero-order valence-electron chi connectivity index (χ0n) is 16.0. The molecule has 0 radical (unpaired) electrons. The maximum absolute atomic E-state index is 12.3. The number of nitrogens with two attached hydrogens (primary N) is 1. The summed E-state index contributed by atoms with van der Waals surface area (Å²) in [6, 6.07) is 11.0. The van der Waals surface area contributed by atoms with Gasteiger partial charge in [0.15, 0.2) is 0 Å². The summed E-state index contributed by atoms with van der Waals surface area (Å²) in [5.74, 6) is -0.741. The zero-order valence-corrected chi connectivity index (χ0v) is 17.7. The monoisotopic (exact) mass is 441 g/mol. The number of hydrogen-bond donors (Lipinski definition) is 4. The highest BCUT2D eigenvalue weighted by atomic mass is 35.5. The minimum atomic E-state index is -0.670. The molecule has 10 heteroatoms. The third kappa shape index (κ3) is 8.47. The van der Waals surface area contributed by atoms with Crippen molar-refractivity contribution in [3.63, 3.8) is 0 Å². The first kappa shape index (κ1) is 26.3. The van der Waals surface area contributed by atoms with E-state index in [-0.39, 0.29) is 49.1 Å². The van der Waals surface area contributed by atoms with Crippen molar-refractivity contribution < 1.29 is 14.4 Å². The van der Waals surface area contributed by atoms with E-state index >= 15 is 0 Å². The first-order chi connectivity index (χ1) is 12.9. The minimum Gasteiger partial charge on any atom is -0.346 e. The lowest BCUT2D eigenvalue weighted by Gasteiger charge is -2.15. The molecule has 0 spiro atoms. The van der Waals surface area contributed by atoms with Crippen molar-refractivity contribution in [2.75, 3.05) is 17.2 Å². The molecule has 158 valence electrons. The Balaban J connectivity index is 0.00000392. The normalized spacial score (nSPS) is 10.8. The molecule has 8 nitrogen and oxygen atoms in total. The summed E-state index contributed by atoms with van der Waals surface area (Å²) < 4.78 is 0.